The van der Waals surface area contributed by atoms with Crippen LogP contribution in [0.2, 0.25) is 0 Å². The van der Waals surface area contributed by atoms with Gasteiger partial charge in [-0.25, -0.2) is 0 Å². The standard InChI is InChI=1S/C4H2Se/c1-3-5-4-2/h1-2H. The van der Waals surface area contributed by atoms with Crippen molar-refractivity contribution < 1.29 is 0 Å². The Hall–Kier alpha value is -0.361. The maximum atomic E-state index is 4.77. The van der Waals surface area contributed by atoms with E-state index in [0.717, 1.165) is 0 Å². The van der Waals surface area contributed by atoms with Crippen molar-refractivity contribution in [2.75, 3.05) is 0 Å². The summed E-state index contributed by atoms with van der Waals surface area (Å²) in [7, 11) is 0. The van der Waals surface area contributed by atoms with Crippen LogP contribution in [0.15, 0.2) is 0 Å². The molecule has 0 radical (unpaired) electrons. The molecule has 0 fully saturated rings. The van der Waals surface area contributed by atoms with E-state index in [1.807, 2.05) is 0 Å². The molecule has 0 aliphatic carbocycles. The molecule has 0 spiro atoms. The zero-order chi connectivity index (χ0) is 4.12. The molecular weight excluding hydrogens is 127 g/mol. The van der Waals surface area contributed by atoms with Crippen LogP contribution in [-0.2, 0) is 0 Å². The molecule has 0 aromatic carbocycles. The van der Waals surface area contributed by atoms with Crippen LogP contribution in [0.1, 0.15) is 0 Å². The fraction of sp³-hybridized carbons (Fsp3) is 0. The number of rotatable bonds is 0. The SMILES string of the molecule is C#C[Se]C#C. The summed E-state index contributed by atoms with van der Waals surface area (Å²) in [5, 5.41) is 0. The first-order chi connectivity index (χ1) is 2.41. The Balaban J connectivity index is 2.86. The minimum absolute atomic E-state index is 0.0139. The van der Waals surface area contributed by atoms with E-state index in [2.05, 4.69) is 9.64 Å². The molecule has 0 rings (SSSR count). The van der Waals surface area contributed by atoms with Crippen molar-refractivity contribution in [1.29, 1.82) is 0 Å². The van der Waals surface area contributed by atoms with Crippen LogP contribution in [0.3, 0.4) is 0 Å². The molecule has 0 saturated heterocycles. The second kappa shape index (κ2) is 3.64. The third-order valence-electron chi connectivity index (χ3n) is 0.118. The van der Waals surface area contributed by atoms with Gasteiger partial charge in [-0.15, -0.1) is 0 Å². The molecular formula is C4H2Se. The quantitative estimate of drug-likeness (QED) is 0.315. The summed E-state index contributed by atoms with van der Waals surface area (Å²) in [5.41, 5.74) is 0. The van der Waals surface area contributed by atoms with Crippen molar-refractivity contribution in [2.24, 2.45) is 0 Å². The Morgan fingerprint density at radius 2 is 1.60 bits per heavy atom. The summed E-state index contributed by atoms with van der Waals surface area (Å²) in [6.45, 7) is 0. The molecule has 0 atom stereocenters. The summed E-state index contributed by atoms with van der Waals surface area (Å²) in [6, 6.07) is 0. The Morgan fingerprint density at radius 1 is 1.20 bits per heavy atom. The topological polar surface area (TPSA) is 0 Å². The molecule has 0 heterocycles. The van der Waals surface area contributed by atoms with Crippen molar-refractivity contribution in [3.8, 4) is 22.5 Å². The van der Waals surface area contributed by atoms with Crippen molar-refractivity contribution in [2.45, 2.75) is 0 Å². The van der Waals surface area contributed by atoms with Crippen LogP contribution < -0.4 is 0 Å². The van der Waals surface area contributed by atoms with Crippen LogP contribution in [-0.4, -0.2) is 15.0 Å². The number of hydrogen-bond donors (Lipinski definition) is 0. The zero-order valence-corrected chi connectivity index (χ0v) is 4.28. The average Bonchev–Trinajstić information content (AvgIpc) is 1.41. The maximum absolute atomic E-state index is 4.77. The van der Waals surface area contributed by atoms with E-state index >= 15 is 0 Å². The third-order valence-corrected chi connectivity index (χ3v) is 0.612. The molecule has 0 unspecified atom stereocenters. The first kappa shape index (κ1) is 4.64. The summed E-state index contributed by atoms with van der Waals surface area (Å²) in [4.78, 5) is 4.69. The van der Waals surface area contributed by atoms with E-state index in [9.17, 15) is 0 Å². The molecule has 0 amide bonds. The van der Waals surface area contributed by atoms with E-state index in [1.165, 1.54) is 0 Å². The minimum atomic E-state index is 0.0139. The van der Waals surface area contributed by atoms with Gasteiger partial charge in [-0.3, -0.25) is 0 Å². The van der Waals surface area contributed by atoms with Crippen LogP contribution in [0.25, 0.3) is 0 Å². The predicted molar refractivity (Wildman–Crippen MR) is 23.4 cm³/mol. The van der Waals surface area contributed by atoms with Gasteiger partial charge < -0.3 is 0 Å². The van der Waals surface area contributed by atoms with Crippen LogP contribution in [0, 0.1) is 22.5 Å². The molecule has 1 heteroatoms. The Morgan fingerprint density at radius 3 is 1.60 bits per heavy atom. The summed E-state index contributed by atoms with van der Waals surface area (Å²) < 4.78 is 0. The fourth-order valence-electron chi connectivity index (χ4n) is 0.0340. The molecule has 0 aromatic heterocycles. The van der Waals surface area contributed by atoms with Crippen molar-refractivity contribution >= 4 is 15.0 Å². The average molecular weight is 129 g/mol. The van der Waals surface area contributed by atoms with Gasteiger partial charge in [0.1, 0.15) is 0 Å². The molecule has 0 nitrogen and oxygen atoms in total. The Bertz CT molecular complexity index is 68.8. The van der Waals surface area contributed by atoms with Gasteiger partial charge in [-0.2, -0.15) is 0 Å². The number of terminal acetylenes is 2. The molecule has 0 aliphatic heterocycles. The molecule has 0 aliphatic rings. The summed E-state index contributed by atoms with van der Waals surface area (Å²) in [5.74, 6) is 0. The van der Waals surface area contributed by atoms with Gasteiger partial charge in [-0.1, -0.05) is 0 Å². The second-order valence-corrected chi connectivity index (χ2v) is 1.76. The molecule has 0 aromatic rings. The van der Waals surface area contributed by atoms with Gasteiger partial charge in [0.2, 0.25) is 0 Å². The fourth-order valence-corrected chi connectivity index (χ4v) is 0.177. The van der Waals surface area contributed by atoms with E-state index in [-0.39, 0.29) is 15.0 Å². The first-order valence-corrected chi connectivity index (χ1v) is 2.70. The Kier molecular flexibility index (Phi) is 3.38. The second-order valence-electron chi connectivity index (χ2n) is 0.338. The molecule has 24 valence electrons. The van der Waals surface area contributed by atoms with E-state index in [4.69, 9.17) is 12.8 Å². The normalized spacial score (nSPS) is 4.40. The molecule has 0 bridgehead atoms. The van der Waals surface area contributed by atoms with Gasteiger partial charge >= 0.3 is 37.4 Å². The number of hydrogen-bond acceptors (Lipinski definition) is 0. The van der Waals surface area contributed by atoms with E-state index in [0.29, 0.717) is 0 Å². The van der Waals surface area contributed by atoms with Crippen LogP contribution in [0.4, 0.5) is 0 Å². The Labute approximate surface area is 38.1 Å². The van der Waals surface area contributed by atoms with Crippen molar-refractivity contribution in [3.63, 3.8) is 0 Å². The summed E-state index contributed by atoms with van der Waals surface area (Å²) in [6.07, 6.45) is 9.55. The molecule has 0 N–H and O–H groups in total. The first-order valence-electron chi connectivity index (χ1n) is 0.986. The predicted octanol–water partition coefficient (Wildman–Crippen LogP) is -0.128. The van der Waals surface area contributed by atoms with E-state index in [1.54, 1.807) is 0 Å². The molecule has 5 heavy (non-hydrogen) atoms. The molecule has 0 saturated carbocycles. The monoisotopic (exact) mass is 130 g/mol. The van der Waals surface area contributed by atoms with Gasteiger partial charge in [0.25, 0.3) is 0 Å². The third kappa shape index (κ3) is 3.64. The summed E-state index contributed by atoms with van der Waals surface area (Å²) >= 11 is 0.0139. The van der Waals surface area contributed by atoms with Crippen LogP contribution in [0.5, 0.6) is 0 Å². The van der Waals surface area contributed by atoms with E-state index < -0.39 is 0 Å². The van der Waals surface area contributed by atoms with Gasteiger partial charge in [0, 0.05) is 0 Å². The van der Waals surface area contributed by atoms with Gasteiger partial charge in [0.05, 0.1) is 0 Å². The van der Waals surface area contributed by atoms with Crippen molar-refractivity contribution in [1.82, 2.24) is 0 Å². The van der Waals surface area contributed by atoms with Crippen molar-refractivity contribution in [3.05, 3.63) is 0 Å². The zero-order valence-electron chi connectivity index (χ0n) is 2.56. The van der Waals surface area contributed by atoms with Gasteiger partial charge in [-0.05, 0) is 0 Å². The van der Waals surface area contributed by atoms with Gasteiger partial charge in [0.15, 0.2) is 0 Å². The van der Waals surface area contributed by atoms with Crippen LogP contribution >= 0.6 is 0 Å².